The summed E-state index contributed by atoms with van der Waals surface area (Å²) in [5.74, 6) is -0.441. The minimum absolute atomic E-state index is 0.431. The minimum Gasteiger partial charge on any atom is -0.444 e. The molecule has 0 spiro atoms. The molecule has 2 amide bonds. The number of nitrogens with one attached hydrogen (secondary N) is 2. The molecule has 0 saturated heterocycles. The predicted molar refractivity (Wildman–Crippen MR) is 80.9 cm³/mol. The quantitative estimate of drug-likeness (QED) is 0.691. The molecule has 0 atom stereocenters. The van der Waals surface area contributed by atoms with Gasteiger partial charge in [0.25, 0.3) is 0 Å². The normalized spacial score (nSPS) is 11.0. The van der Waals surface area contributed by atoms with Crippen LogP contribution >= 0.6 is 0 Å². The summed E-state index contributed by atoms with van der Waals surface area (Å²) in [4.78, 5) is 22.5. The number of amides is 2. The Balaban J connectivity index is 2.24. The van der Waals surface area contributed by atoms with Gasteiger partial charge < -0.3 is 21.1 Å². The molecule has 0 bridgehead atoms. The lowest BCUT2D eigenvalue weighted by Crippen LogP contribution is -2.36. The Bertz CT molecular complexity index is 495. The predicted octanol–water partition coefficient (Wildman–Crippen LogP) is 1.40. The van der Waals surface area contributed by atoms with E-state index in [9.17, 15) is 9.59 Å². The first-order chi connectivity index (χ1) is 9.78. The van der Waals surface area contributed by atoms with E-state index in [4.69, 9.17) is 10.5 Å². The van der Waals surface area contributed by atoms with Gasteiger partial charge in [0.15, 0.2) is 0 Å². The van der Waals surface area contributed by atoms with Gasteiger partial charge in [0.05, 0.1) is 0 Å². The van der Waals surface area contributed by atoms with Crippen molar-refractivity contribution in [2.45, 2.75) is 32.9 Å². The molecule has 0 aliphatic carbocycles. The molecular formula is C15H23N3O3. The first-order valence-electron chi connectivity index (χ1n) is 6.84. The molecular weight excluding hydrogens is 270 g/mol. The van der Waals surface area contributed by atoms with E-state index in [1.807, 2.05) is 26.8 Å². The summed E-state index contributed by atoms with van der Waals surface area (Å²) >= 11 is 0. The number of alkyl carbamates (subject to hydrolysis) is 1. The van der Waals surface area contributed by atoms with Gasteiger partial charge in [-0.1, -0.05) is 12.1 Å². The zero-order valence-electron chi connectivity index (χ0n) is 12.7. The summed E-state index contributed by atoms with van der Waals surface area (Å²) in [6.45, 7) is 7.10. The summed E-state index contributed by atoms with van der Waals surface area (Å²) in [5.41, 5.74) is 6.18. The molecule has 4 N–H and O–H groups in total. The van der Waals surface area contributed by atoms with Crippen molar-refractivity contribution in [3.63, 3.8) is 0 Å². The summed E-state index contributed by atoms with van der Waals surface area (Å²) < 4.78 is 5.12. The molecule has 116 valence electrons. The highest BCUT2D eigenvalue weighted by Gasteiger charge is 2.15. The Morgan fingerprint density at radius 1 is 1.24 bits per heavy atom. The third kappa shape index (κ3) is 7.31. The number of carbonyl (C=O) groups is 2. The number of primary amides is 1. The smallest absolute Gasteiger partial charge is 0.407 e. The lowest BCUT2D eigenvalue weighted by atomic mass is 10.1. The number of carbonyl (C=O) groups excluding carboxylic acids is 2. The zero-order valence-corrected chi connectivity index (χ0v) is 12.7. The van der Waals surface area contributed by atoms with Crippen molar-refractivity contribution in [1.82, 2.24) is 10.6 Å². The van der Waals surface area contributed by atoms with Crippen molar-refractivity contribution in [2.24, 2.45) is 5.73 Å². The fraction of sp³-hybridized carbons (Fsp3) is 0.467. The maximum Gasteiger partial charge on any atom is 0.407 e. The van der Waals surface area contributed by atoms with E-state index in [2.05, 4.69) is 10.6 Å². The number of hydrogen-bond donors (Lipinski definition) is 3. The van der Waals surface area contributed by atoms with Gasteiger partial charge in [-0.05, 0) is 38.5 Å². The standard InChI is InChI=1S/C15H23N3O3/c1-15(2,3)21-14(20)18-8-7-17-10-11-5-4-6-12(9-11)13(16)19/h4-6,9,17H,7-8,10H2,1-3H3,(H2,16,19)(H,18,20). The van der Waals surface area contributed by atoms with Gasteiger partial charge in [0, 0.05) is 25.2 Å². The fourth-order valence-electron chi connectivity index (χ4n) is 1.63. The van der Waals surface area contributed by atoms with Gasteiger partial charge in [-0.25, -0.2) is 4.79 Å². The molecule has 21 heavy (non-hydrogen) atoms. The molecule has 0 aromatic heterocycles. The molecule has 0 aliphatic rings. The van der Waals surface area contributed by atoms with Gasteiger partial charge in [-0.15, -0.1) is 0 Å². The Labute approximate surface area is 125 Å². The van der Waals surface area contributed by atoms with Crippen molar-refractivity contribution in [3.8, 4) is 0 Å². The van der Waals surface area contributed by atoms with Crippen molar-refractivity contribution in [3.05, 3.63) is 35.4 Å². The lowest BCUT2D eigenvalue weighted by molar-refractivity contribution is 0.0528. The molecule has 1 aromatic carbocycles. The van der Waals surface area contributed by atoms with Gasteiger partial charge in [-0.3, -0.25) is 4.79 Å². The topological polar surface area (TPSA) is 93.4 Å². The molecule has 6 nitrogen and oxygen atoms in total. The number of rotatable bonds is 6. The van der Waals surface area contributed by atoms with Crippen LogP contribution in [0.25, 0.3) is 0 Å². The average Bonchev–Trinajstić information content (AvgIpc) is 2.36. The van der Waals surface area contributed by atoms with Crippen molar-refractivity contribution in [1.29, 1.82) is 0 Å². The van der Waals surface area contributed by atoms with Crippen molar-refractivity contribution >= 4 is 12.0 Å². The van der Waals surface area contributed by atoms with E-state index in [1.54, 1.807) is 18.2 Å². The second kappa shape index (κ2) is 7.64. The third-order valence-corrected chi connectivity index (χ3v) is 2.51. The minimum atomic E-state index is -0.493. The highest BCUT2D eigenvalue weighted by molar-refractivity contribution is 5.92. The summed E-state index contributed by atoms with van der Waals surface area (Å²) in [6, 6.07) is 7.11. The van der Waals surface area contributed by atoms with Gasteiger partial charge in [0.2, 0.25) is 5.91 Å². The van der Waals surface area contributed by atoms with Gasteiger partial charge >= 0.3 is 6.09 Å². The Morgan fingerprint density at radius 2 is 1.95 bits per heavy atom. The van der Waals surface area contributed by atoms with E-state index < -0.39 is 17.6 Å². The lowest BCUT2D eigenvalue weighted by Gasteiger charge is -2.19. The van der Waals surface area contributed by atoms with E-state index >= 15 is 0 Å². The van der Waals surface area contributed by atoms with Crippen LogP contribution in [0.2, 0.25) is 0 Å². The van der Waals surface area contributed by atoms with Crippen LogP contribution in [-0.4, -0.2) is 30.7 Å². The van der Waals surface area contributed by atoms with Crippen LogP contribution in [-0.2, 0) is 11.3 Å². The van der Waals surface area contributed by atoms with Crippen molar-refractivity contribution < 1.29 is 14.3 Å². The van der Waals surface area contributed by atoms with E-state index in [0.29, 0.717) is 25.2 Å². The van der Waals surface area contributed by atoms with E-state index in [-0.39, 0.29) is 0 Å². The van der Waals surface area contributed by atoms with Crippen LogP contribution in [0, 0.1) is 0 Å². The monoisotopic (exact) mass is 293 g/mol. The van der Waals surface area contributed by atoms with Crippen LogP contribution in [0.3, 0.4) is 0 Å². The zero-order chi connectivity index (χ0) is 15.9. The number of nitrogens with two attached hydrogens (primary N) is 1. The first kappa shape index (κ1) is 17.0. The highest BCUT2D eigenvalue weighted by Crippen LogP contribution is 2.06. The van der Waals surface area contributed by atoms with Crippen molar-refractivity contribution in [2.75, 3.05) is 13.1 Å². The first-order valence-corrected chi connectivity index (χ1v) is 6.84. The van der Waals surface area contributed by atoms with Gasteiger partial charge in [0.1, 0.15) is 5.60 Å². The molecule has 1 rings (SSSR count). The van der Waals surface area contributed by atoms with Gasteiger partial charge in [-0.2, -0.15) is 0 Å². The molecule has 0 fully saturated rings. The second-order valence-electron chi connectivity index (χ2n) is 5.67. The fourth-order valence-corrected chi connectivity index (χ4v) is 1.63. The molecule has 0 radical (unpaired) electrons. The molecule has 6 heteroatoms. The Hall–Kier alpha value is -2.08. The van der Waals surface area contributed by atoms with Crippen LogP contribution in [0.15, 0.2) is 24.3 Å². The average molecular weight is 293 g/mol. The Morgan fingerprint density at radius 3 is 2.57 bits per heavy atom. The second-order valence-corrected chi connectivity index (χ2v) is 5.67. The maximum absolute atomic E-state index is 11.4. The summed E-state index contributed by atoms with van der Waals surface area (Å²) in [7, 11) is 0. The molecule has 0 unspecified atom stereocenters. The van der Waals surface area contributed by atoms with Crippen LogP contribution in [0.1, 0.15) is 36.7 Å². The number of benzene rings is 1. The van der Waals surface area contributed by atoms with Crippen LogP contribution < -0.4 is 16.4 Å². The van der Waals surface area contributed by atoms with Crippen LogP contribution in [0.4, 0.5) is 4.79 Å². The molecule has 0 aliphatic heterocycles. The molecule has 0 heterocycles. The largest absolute Gasteiger partial charge is 0.444 e. The molecule has 0 saturated carbocycles. The SMILES string of the molecule is CC(C)(C)OC(=O)NCCNCc1cccc(C(N)=O)c1. The maximum atomic E-state index is 11.4. The Kier molecular flexibility index (Phi) is 6.17. The highest BCUT2D eigenvalue weighted by atomic mass is 16.6. The molecule has 1 aromatic rings. The number of hydrogen-bond acceptors (Lipinski definition) is 4. The summed E-state index contributed by atoms with van der Waals surface area (Å²) in [6.07, 6.45) is -0.431. The summed E-state index contributed by atoms with van der Waals surface area (Å²) in [5, 5.41) is 5.82. The van der Waals surface area contributed by atoms with E-state index in [1.165, 1.54) is 0 Å². The van der Waals surface area contributed by atoms with Crippen LogP contribution in [0.5, 0.6) is 0 Å². The number of ether oxygens (including phenoxy) is 1. The van der Waals surface area contributed by atoms with E-state index in [0.717, 1.165) is 5.56 Å². The third-order valence-electron chi connectivity index (χ3n) is 2.51.